The van der Waals surface area contributed by atoms with Gasteiger partial charge in [-0.1, -0.05) is 64.5 Å². The summed E-state index contributed by atoms with van der Waals surface area (Å²) in [6.07, 6.45) is 1.58. The topological polar surface area (TPSA) is 70.1 Å². The Morgan fingerprint density at radius 2 is 1.87 bits per heavy atom. The molecule has 0 aliphatic rings. The molecule has 6 heteroatoms. The summed E-state index contributed by atoms with van der Waals surface area (Å²) < 4.78 is 0.908. The first-order valence-electron chi connectivity index (χ1n) is 6.93. The zero-order valence-electron chi connectivity index (χ0n) is 12.0. The monoisotopic (exact) mass is 368 g/mol. The molecule has 2 N–H and O–H groups in total. The number of nitrogens with one attached hydrogen (secondary N) is 2. The van der Waals surface area contributed by atoms with Crippen molar-refractivity contribution in [2.75, 3.05) is 0 Å². The SMILES string of the molecule is O=C(N/N=C/c1ccccc1Br)c1cc(-c2ccccc2)n[nH]1. The molecule has 0 aliphatic heterocycles. The van der Waals surface area contributed by atoms with Crippen molar-refractivity contribution in [2.45, 2.75) is 0 Å². The van der Waals surface area contributed by atoms with Gasteiger partial charge in [0.15, 0.2) is 0 Å². The zero-order chi connectivity index (χ0) is 16.1. The number of carbonyl (C=O) groups is 1. The molecule has 0 saturated carbocycles. The van der Waals surface area contributed by atoms with Gasteiger partial charge in [0.25, 0.3) is 5.91 Å². The van der Waals surface area contributed by atoms with Gasteiger partial charge in [0.05, 0.1) is 11.9 Å². The fourth-order valence-corrected chi connectivity index (χ4v) is 2.38. The summed E-state index contributed by atoms with van der Waals surface area (Å²) in [5.74, 6) is -0.344. The number of aromatic amines is 1. The quantitative estimate of drug-likeness (QED) is 0.545. The molecule has 0 unspecified atom stereocenters. The van der Waals surface area contributed by atoms with E-state index in [0.29, 0.717) is 11.4 Å². The van der Waals surface area contributed by atoms with Crippen LogP contribution < -0.4 is 5.43 Å². The maximum Gasteiger partial charge on any atom is 0.289 e. The summed E-state index contributed by atoms with van der Waals surface area (Å²) in [6.45, 7) is 0. The molecule has 0 spiro atoms. The number of amides is 1. The van der Waals surface area contributed by atoms with Crippen molar-refractivity contribution in [3.63, 3.8) is 0 Å². The second-order valence-corrected chi connectivity index (χ2v) is 5.61. The van der Waals surface area contributed by atoms with Crippen LogP contribution in [0.2, 0.25) is 0 Å². The van der Waals surface area contributed by atoms with Crippen molar-refractivity contribution >= 4 is 28.1 Å². The van der Waals surface area contributed by atoms with E-state index in [9.17, 15) is 4.79 Å². The zero-order valence-corrected chi connectivity index (χ0v) is 13.6. The second kappa shape index (κ2) is 7.02. The highest BCUT2D eigenvalue weighted by molar-refractivity contribution is 9.10. The minimum Gasteiger partial charge on any atom is -0.272 e. The van der Waals surface area contributed by atoms with Gasteiger partial charge in [0.1, 0.15) is 5.69 Å². The average molecular weight is 369 g/mol. The first-order valence-corrected chi connectivity index (χ1v) is 7.72. The molecule has 0 fully saturated rings. The first kappa shape index (κ1) is 15.2. The van der Waals surface area contributed by atoms with E-state index in [1.54, 1.807) is 12.3 Å². The number of benzene rings is 2. The van der Waals surface area contributed by atoms with Gasteiger partial charge in [-0.2, -0.15) is 10.2 Å². The van der Waals surface area contributed by atoms with Crippen molar-refractivity contribution < 1.29 is 4.79 Å². The van der Waals surface area contributed by atoms with Gasteiger partial charge in [-0.05, 0) is 12.1 Å². The van der Waals surface area contributed by atoms with E-state index in [1.165, 1.54) is 0 Å². The highest BCUT2D eigenvalue weighted by Gasteiger charge is 2.10. The lowest BCUT2D eigenvalue weighted by Crippen LogP contribution is -2.18. The van der Waals surface area contributed by atoms with E-state index in [-0.39, 0.29) is 5.91 Å². The van der Waals surface area contributed by atoms with Crippen LogP contribution in [0.25, 0.3) is 11.3 Å². The van der Waals surface area contributed by atoms with E-state index in [0.717, 1.165) is 15.6 Å². The largest absolute Gasteiger partial charge is 0.289 e. The van der Waals surface area contributed by atoms with Crippen molar-refractivity contribution in [1.82, 2.24) is 15.6 Å². The van der Waals surface area contributed by atoms with E-state index in [2.05, 4.69) is 36.7 Å². The third-order valence-electron chi connectivity index (χ3n) is 3.17. The number of carbonyl (C=O) groups excluding carboxylic acids is 1. The van der Waals surface area contributed by atoms with Gasteiger partial charge in [-0.15, -0.1) is 0 Å². The number of aromatic nitrogens is 2. The van der Waals surface area contributed by atoms with Crippen molar-refractivity contribution in [3.05, 3.63) is 76.4 Å². The molecule has 3 rings (SSSR count). The molecule has 3 aromatic rings. The molecule has 0 bridgehead atoms. The van der Waals surface area contributed by atoms with Crippen LogP contribution in [0.5, 0.6) is 0 Å². The van der Waals surface area contributed by atoms with Gasteiger partial charge in [-0.3, -0.25) is 9.89 Å². The highest BCUT2D eigenvalue weighted by atomic mass is 79.9. The number of halogens is 1. The van der Waals surface area contributed by atoms with Gasteiger partial charge in [-0.25, -0.2) is 5.43 Å². The normalized spacial score (nSPS) is 10.8. The maximum absolute atomic E-state index is 12.1. The van der Waals surface area contributed by atoms with Crippen molar-refractivity contribution in [1.29, 1.82) is 0 Å². The third-order valence-corrected chi connectivity index (χ3v) is 3.89. The third kappa shape index (κ3) is 3.73. The highest BCUT2D eigenvalue weighted by Crippen LogP contribution is 2.17. The van der Waals surface area contributed by atoms with Gasteiger partial charge < -0.3 is 0 Å². The molecular formula is C17H13BrN4O. The van der Waals surface area contributed by atoms with Crippen LogP contribution in [-0.4, -0.2) is 22.3 Å². The molecule has 1 heterocycles. The lowest BCUT2D eigenvalue weighted by atomic mass is 10.1. The Bertz CT molecular complexity index is 843. The van der Waals surface area contributed by atoms with Gasteiger partial charge in [0.2, 0.25) is 0 Å². The molecule has 0 saturated heterocycles. The van der Waals surface area contributed by atoms with Crippen LogP contribution in [-0.2, 0) is 0 Å². The minimum absolute atomic E-state index is 0.344. The first-order chi connectivity index (χ1) is 11.2. The van der Waals surface area contributed by atoms with Crippen molar-refractivity contribution in [2.24, 2.45) is 5.10 Å². The number of hydrogen-bond acceptors (Lipinski definition) is 3. The molecule has 1 aromatic heterocycles. The number of hydrazone groups is 1. The lowest BCUT2D eigenvalue weighted by molar-refractivity contribution is 0.0950. The Hall–Kier alpha value is -2.73. The minimum atomic E-state index is -0.344. The summed E-state index contributed by atoms with van der Waals surface area (Å²) >= 11 is 3.42. The Morgan fingerprint density at radius 3 is 2.65 bits per heavy atom. The summed E-state index contributed by atoms with van der Waals surface area (Å²) in [7, 11) is 0. The predicted octanol–water partition coefficient (Wildman–Crippen LogP) is 3.60. The summed E-state index contributed by atoms with van der Waals surface area (Å²) in [4.78, 5) is 12.1. The van der Waals surface area contributed by atoms with E-state index in [1.807, 2.05) is 54.6 Å². The number of nitrogens with zero attached hydrogens (tertiary/aromatic N) is 2. The molecular weight excluding hydrogens is 356 g/mol. The molecule has 23 heavy (non-hydrogen) atoms. The van der Waals surface area contributed by atoms with Gasteiger partial charge >= 0.3 is 0 Å². The second-order valence-electron chi connectivity index (χ2n) is 4.75. The molecule has 0 aliphatic carbocycles. The standard InChI is InChI=1S/C17H13BrN4O/c18-14-9-5-4-8-13(14)11-19-22-17(23)16-10-15(20-21-16)12-6-2-1-3-7-12/h1-11H,(H,20,21)(H,22,23)/b19-11+. The molecule has 0 radical (unpaired) electrons. The van der Waals surface area contributed by atoms with E-state index < -0.39 is 0 Å². The maximum atomic E-state index is 12.1. The Labute approximate surface area is 141 Å². The van der Waals surface area contributed by atoms with Crippen molar-refractivity contribution in [3.8, 4) is 11.3 Å². The number of H-pyrrole nitrogens is 1. The molecule has 1 amide bonds. The Kier molecular flexibility index (Phi) is 4.63. The van der Waals surface area contributed by atoms with Crippen LogP contribution in [0.3, 0.4) is 0 Å². The van der Waals surface area contributed by atoms with Crippen LogP contribution in [0.1, 0.15) is 16.1 Å². The fourth-order valence-electron chi connectivity index (χ4n) is 2.00. The Morgan fingerprint density at radius 1 is 1.13 bits per heavy atom. The van der Waals surface area contributed by atoms with Crippen LogP contribution >= 0.6 is 15.9 Å². The fraction of sp³-hybridized carbons (Fsp3) is 0. The summed E-state index contributed by atoms with van der Waals surface area (Å²) in [5, 5.41) is 10.8. The molecule has 5 nitrogen and oxygen atoms in total. The Balaban J connectivity index is 1.68. The molecule has 0 atom stereocenters. The van der Waals surface area contributed by atoms with Crippen LogP contribution in [0, 0.1) is 0 Å². The summed E-state index contributed by atoms with van der Waals surface area (Å²) in [6, 6.07) is 18.9. The lowest BCUT2D eigenvalue weighted by Gasteiger charge is -1.97. The van der Waals surface area contributed by atoms with Crippen LogP contribution in [0.15, 0.2) is 70.2 Å². The molecule has 2 aromatic carbocycles. The van der Waals surface area contributed by atoms with E-state index in [4.69, 9.17) is 0 Å². The number of rotatable bonds is 4. The van der Waals surface area contributed by atoms with Crippen LogP contribution in [0.4, 0.5) is 0 Å². The molecule has 114 valence electrons. The number of hydrogen-bond donors (Lipinski definition) is 2. The van der Waals surface area contributed by atoms with E-state index >= 15 is 0 Å². The predicted molar refractivity (Wildman–Crippen MR) is 93.2 cm³/mol. The summed E-state index contributed by atoms with van der Waals surface area (Å²) in [5.41, 5.74) is 5.37. The van der Waals surface area contributed by atoms with Gasteiger partial charge in [0, 0.05) is 15.6 Å². The average Bonchev–Trinajstić information content (AvgIpc) is 3.07. The smallest absolute Gasteiger partial charge is 0.272 e.